The number of thiol groups is 1. The number of benzene rings is 1. The molecular weight excluding hydrogens is 182 g/mol. The van der Waals surface area contributed by atoms with Crippen molar-refractivity contribution < 1.29 is 4.79 Å². The summed E-state index contributed by atoms with van der Waals surface area (Å²) in [5, 5.41) is 2.98. The molecule has 0 amide bonds. The molecule has 0 fully saturated rings. The summed E-state index contributed by atoms with van der Waals surface area (Å²) in [7, 11) is 0. The molecule has 0 spiro atoms. The van der Waals surface area contributed by atoms with Crippen molar-refractivity contribution in [3.63, 3.8) is 0 Å². The summed E-state index contributed by atoms with van der Waals surface area (Å²) in [4.78, 5) is 11.1. The number of nitrogens with one attached hydrogen (secondary N) is 1. The zero-order chi connectivity index (χ0) is 9.84. The SMILES string of the molecule is CC(C)Nc1ccccc1C(=O)S. The molecule has 3 heteroatoms. The molecule has 0 saturated heterocycles. The molecule has 0 aliphatic heterocycles. The summed E-state index contributed by atoms with van der Waals surface area (Å²) < 4.78 is 0. The third-order valence-electron chi connectivity index (χ3n) is 1.60. The molecule has 1 N–H and O–H groups in total. The van der Waals surface area contributed by atoms with E-state index in [-0.39, 0.29) is 5.12 Å². The van der Waals surface area contributed by atoms with Gasteiger partial charge in [0.15, 0.2) is 0 Å². The first-order valence-corrected chi connectivity index (χ1v) is 4.65. The van der Waals surface area contributed by atoms with Crippen LogP contribution >= 0.6 is 12.6 Å². The van der Waals surface area contributed by atoms with Gasteiger partial charge in [0, 0.05) is 11.7 Å². The van der Waals surface area contributed by atoms with E-state index in [1.165, 1.54) is 0 Å². The van der Waals surface area contributed by atoms with E-state index >= 15 is 0 Å². The second-order valence-corrected chi connectivity index (χ2v) is 3.56. The van der Waals surface area contributed by atoms with E-state index in [9.17, 15) is 4.79 Å². The minimum absolute atomic E-state index is 0.205. The molecule has 1 rings (SSSR count). The first kappa shape index (κ1) is 10.1. The smallest absolute Gasteiger partial charge is 0.218 e. The zero-order valence-corrected chi connectivity index (χ0v) is 8.64. The van der Waals surface area contributed by atoms with Crippen LogP contribution in [0.5, 0.6) is 0 Å². The molecule has 1 aromatic rings. The van der Waals surface area contributed by atoms with Crippen LogP contribution in [0.15, 0.2) is 24.3 Å². The van der Waals surface area contributed by atoms with Gasteiger partial charge in [0.2, 0.25) is 5.12 Å². The van der Waals surface area contributed by atoms with Crippen molar-refractivity contribution in [3.8, 4) is 0 Å². The van der Waals surface area contributed by atoms with Gasteiger partial charge in [-0.05, 0) is 26.0 Å². The maximum Gasteiger partial charge on any atom is 0.218 e. The van der Waals surface area contributed by atoms with Crippen LogP contribution in [0.3, 0.4) is 0 Å². The van der Waals surface area contributed by atoms with Gasteiger partial charge in [0.25, 0.3) is 0 Å². The van der Waals surface area contributed by atoms with E-state index < -0.39 is 0 Å². The summed E-state index contributed by atoms with van der Waals surface area (Å²) in [5.41, 5.74) is 1.47. The Morgan fingerprint density at radius 3 is 2.54 bits per heavy atom. The Morgan fingerprint density at radius 2 is 2.00 bits per heavy atom. The maximum absolute atomic E-state index is 11.1. The quantitative estimate of drug-likeness (QED) is 0.726. The lowest BCUT2D eigenvalue weighted by Gasteiger charge is -2.12. The van der Waals surface area contributed by atoms with Crippen LogP contribution in [0.25, 0.3) is 0 Å². The molecule has 2 nitrogen and oxygen atoms in total. The van der Waals surface area contributed by atoms with Gasteiger partial charge in [-0.15, -0.1) is 12.6 Å². The summed E-state index contributed by atoms with van der Waals surface area (Å²) in [6, 6.07) is 7.68. The van der Waals surface area contributed by atoms with Crippen LogP contribution in [0.4, 0.5) is 5.69 Å². The fraction of sp³-hybridized carbons (Fsp3) is 0.300. The molecule has 0 unspecified atom stereocenters. The second kappa shape index (κ2) is 4.33. The third-order valence-corrected chi connectivity index (χ3v) is 1.84. The summed E-state index contributed by atoms with van der Waals surface area (Å²) in [6.45, 7) is 4.06. The molecule has 0 bridgehead atoms. The minimum atomic E-state index is -0.205. The van der Waals surface area contributed by atoms with E-state index in [1.807, 2.05) is 32.0 Å². The van der Waals surface area contributed by atoms with Gasteiger partial charge in [0.05, 0.1) is 5.56 Å². The van der Waals surface area contributed by atoms with Crippen molar-refractivity contribution in [2.24, 2.45) is 0 Å². The average Bonchev–Trinajstić information content (AvgIpc) is 2.03. The normalized spacial score (nSPS) is 10.2. The highest BCUT2D eigenvalue weighted by Gasteiger charge is 2.06. The van der Waals surface area contributed by atoms with Crippen molar-refractivity contribution in [1.29, 1.82) is 0 Å². The lowest BCUT2D eigenvalue weighted by molar-refractivity contribution is 0.109. The lowest BCUT2D eigenvalue weighted by Crippen LogP contribution is -2.12. The fourth-order valence-electron chi connectivity index (χ4n) is 1.11. The van der Waals surface area contributed by atoms with Crippen LogP contribution < -0.4 is 5.32 Å². The molecule has 0 atom stereocenters. The number of hydrogen-bond acceptors (Lipinski definition) is 2. The van der Waals surface area contributed by atoms with Gasteiger partial charge in [0.1, 0.15) is 0 Å². The number of hydrogen-bond donors (Lipinski definition) is 2. The Kier molecular flexibility index (Phi) is 3.37. The van der Waals surface area contributed by atoms with Crippen molar-refractivity contribution in [1.82, 2.24) is 0 Å². The molecule has 0 aliphatic carbocycles. The molecule has 70 valence electrons. The van der Waals surface area contributed by atoms with Crippen LogP contribution in [0.2, 0.25) is 0 Å². The van der Waals surface area contributed by atoms with Crippen LogP contribution in [0, 0.1) is 0 Å². The molecule has 0 radical (unpaired) electrons. The van der Waals surface area contributed by atoms with Crippen molar-refractivity contribution >= 4 is 23.4 Å². The van der Waals surface area contributed by atoms with Gasteiger partial charge < -0.3 is 5.32 Å². The molecule has 0 heterocycles. The number of carbonyl (C=O) groups is 1. The van der Waals surface area contributed by atoms with E-state index in [4.69, 9.17) is 0 Å². The number of anilines is 1. The van der Waals surface area contributed by atoms with Crippen LogP contribution in [0.1, 0.15) is 24.2 Å². The largest absolute Gasteiger partial charge is 0.382 e. The Labute approximate surface area is 83.8 Å². The van der Waals surface area contributed by atoms with Gasteiger partial charge >= 0.3 is 0 Å². The summed E-state index contributed by atoms with van der Waals surface area (Å²) in [5.74, 6) is 0. The Bertz CT molecular complexity index is 310. The van der Waals surface area contributed by atoms with Gasteiger partial charge in [-0.25, -0.2) is 0 Å². The monoisotopic (exact) mass is 195 g/mol. The minimum Gasteiger partial charge on any atom is -0.382 e. The lowest BCUT2D eigenvalue weighted by atomic mass is 10.2. The molecule has 13 heavy (non-hydrogen) atoms. The predicted octanol–water partition coefficient (Wildman–Crippen LogP) is 2.58. The number of rotatable bonds is 3. The first-order chi connectivity index (χ1) is 6.11. The van der Waals surface area contributed by atoms with Gasteiger partial charge in [-0.3, -0.25) is 4.79 Å². The fourth-order valence-corrected chi connectivity index (χ4v) is 1.30. The number of para-hydroxylation sites is 1. The van der Waals surface area contributed by atoms with E-state index in [0.717, 1.165) is 5.69 Å². The summed E-state index contributed by atoms with van der Waals surface area (Å²) >= 11 is 3.80. The van der Waals surface area contributed by atoms with Crippen LogP contribution in [-0.2, 0) is 0 Å². The highest BCUT2D eigenvalue weighted by molar-refractivity contribution is 7.97. The number of carbonyl (C=O) groups excluding carboxylic acids is 1. The predicted molar refractivity (Wildman–Crippen MR) is 58.5 cm³/mol. The van der Waals surface area contributed by atoms with Crippen molar-refractivity contribution in [3.05, 3.63) is 29.8 Å². The molecule has 1 aromatic carbocycles. The zero-order valence-electron chi connectivity index (χ0n) is 7.74. The third kappa shape index (κ3) is 2.77. The highest BCUT2D eigenvalue weighted by atomic mass is 32.1. The molecule has 0 aromatic heterocycles. The Morgan fingerprint density at radius 1 is 1.38 bits per heavy atom. The van der Waals surface area contributed by atoms with Gasteiger partial charge in [-0.2, -0.15) is 0 Å². The molecular formula is C10H13NOS. The van der Waals surface area contributed by atoms with Gasteiger partial charge in [-0.1, -0.05) is 12.1 Å². The van der Waals surface area contributed by atoms with Crippen molar-refractivity contribution in [2.45, 2.75) is 19.9 Å². The highest BCUT2D eigenvalue weighted by Crippen LogP contribution is 2.17. The van der Waals surface area contributed by atoms with E-state index in [0.29, 0.717) is 11.6 Å². The molecule has 0 aliphatic rings. The Balaban J connectivity index is 2.98. The molecule has 0 saturated carbocycles. The maximum atomic E-state index is 11.1. The first-order valence-electron chi connectivity index (χ1n) is 4.20. The van der Waals surface area contributed by atoms with E-state index in [2.05, 4.69) is 17.9 Å². The standard InChI is InChI=1S/C10H13NOS/c1-7(2)11-9-6-4-3-5-8(9)10(12)13/h3-7,11H,1-2H3,(H,12,13). The average molecular weight is 195 g/mol. The summed E-state index contributed by atoms with van der Waals surface area (Å²) in [6.07, 6.45) is 0. The van der Waals surface area contributed by atoms with E-state index in [1.54, 1.807) is 6.07 Å². The Hall–Kier alpha value is -0.960. The van der Waals surface area contributed by atoms with Crippen molar-refractivity contribution in [2.75, 3.05) is 5.32 Å². The second-order valence-electron chi connectivity index (χ2n) is 3.15. The topological polar surface area (TPSA) is 29.1 Å². The van der Waals surface area contributed by atoms with Crippen LogP contribution in [-0.4, -0.2) is 11.2 Å².